The molecule has 0 aromatic heterocycles. The summed E-state index contributed by atoms with van der Waals surface area (Å²) >= 11 is 6.34. The minimum Gasteiger partial charge on any atom is -0.489 e. The van der Waals surface area contributed by atoms with Crippen LogP contribution in [0.15, 0.2) is 12.1 Å². The molecule has 4 rings (SSSR count). The maximum absolute atomic E-state index is 13.1. The first-order valence-corrected chi connectivity index (χ1v) is 9.13. The van der Waals surface area contributed by atoms with Gasteiger partial charge in [0.1, 0.15) is 0 Å². The van der Waals surface area contributed by atoms with E-state index in [1.165, 1.54) is 6.42 Å². The molecule has 0 unspecified atom stereocenters. The summed E-state index contributed by atoms with van der Waals surface area (Å²) in [5, 5.41) is 0.436. The van der Waals surface area contributed by atoms with E-state index < -0.39 is 0 Å². The number of carbonyl (C=O) groups is 1. The van der Waals surface area contributed by atoms with E-state index in [4.69, 9.17) is 25.8 Å². The molecule has 130 valence electrons. The lowest BCUT2D eigenvalue weighted by Gasteiger charge is -2.43. The van der Waals surface area contributed by atoms with Crippen LogP contribution in [0.5, 0.6) is 11.5 Å². The maximum atomic E-state index is 13.1. The van der Waals surface area contributed by atoms with Gasteiger partial charge in [0.15, 0.2) is 11.5 Å². The first-order valence-electron chi connectivity index (χ1n) is 8.76. The molecule has 2 fully saturated rings. The first-order chi connectivity index (χ1) is 11.7. The number of hydrogen-bond acceptors (Lipinski definition) is 4. The molecule has 2 heterocycles. The predicted molar refractivity (Wildman–Crippen MR) is 90.1 cm³/mol. The molecule has 0 bridgehead atoms. The van der Waals surface area contributed by atoms with Crippen molar-refractivity contribution in [3.8, 4) is 11.5 Å². The van der Waals surface area contributed by atoms with E-state index in [1.54, 1.807) is 12.1 Å². The van der Waals surface area contributed by atoms with Crippen LogP contribution in [-0.2, 0) is 4.74 Å². The Kier molecular flexibility index (Phi) is 4.55. The van der Waals surface area contributed by atoms with Crippen molar-refractivity contribution in [2.45, 2.75) is 44.2 Å². The van der Waals surface area contributed by atoms with E-state index >= 15 is 0 Å². The number of hydrogen-bond donors (Lipinski definition) is 0. The summed E-state index contributed by atoms with van der Waals surface area (Å²) in [5.74, 6) is 1.12. The highest BCUT2D eigenvalue weighted by atomic mass is 35.5. The predicted octanol–water partition coefficient (Wildman–Crippen LogP) is 3.28. The average molecular weight is 352 g/mol. The van der Waals surface area contributed by atoms with Crippen LogP contribution in [0.2, 0.25) is 5.02 Å². The number of benzene rings is 1. The molecule has 5 nitrogen and oxygen atoms in total. The van der Waals surface area contributed by atoms with Crippen LogP contribution in [0.1, 0.15) is 42.5 Å². The molecule has 1 amide bonds. The van der Waals surface area contributed by atoms with Gasteiger partial charge in [0.2, 0.25) is 0 Å². The summed E-state index contributed by atoms with van der Waals surface area (Å²) in [5.41, 5.74) is 0.565. The van der Waals surface area contributed by atoms with Crippen molar-refractivity contribution in [3.05, 3.63) is 22.7 Å². The third-order valence-corrected chi connectivity index (χ3v) is 5.32. The van der Waals surface area contributed by atoms with Crippen molar-refractivity contribution in [1.82, 2.24) is 4.90 Å². The summed E-state index contributed by atoms with van der Waals surface area (Å²) in [6.45, 7) is 2.38. The lowest BCUT2D eigenvalue weighted by molar-refractivity contribution is -0.0752. The number of ether oxygens (including phenoxy) is 3. The Hall–Kier alpha value is -1.46. The molecule has 2 aliphatic heterocycles. The van der Waals surface area contributed by atoms with Crippen LogP contribution in [0, 0.1) is 0 Å². The molecular weight excluding hydrogens is 330 g/mol. The second kappa shape index (κ2) is 6.81. The van der Waals surface area contributed by atoms with E-state index in [2.05, 4.69) is 0 Å². The second-order valence-electron chi connectivity index (χ2n) is 6.60. The fraction of sp³-hybridized carbons (Fsp3) is 0.611. The molecule has 1 saturated heterocycles. The Labute approximate surface area is 146 Å². The van der Waals surface area contributed by atoms with Crippen molar-refractivity contribution in [3.63, 3.8) is 0 Å². The second-order valence-corrected chi connectivity index (χ2v) is 7.00. The van der Waals surface area contributed by atoms with Gasteiger partial charge in [-0.2, -0.15) is 0 Å². The largest absolute Gasteiger partial charge is 0.489 e. The molecule has 0 N–H and O–H groups in total. The normalized spacial score (nSPS) is 26.5. The van der Waals surface area contributed by atoms with Gasteiger partial charge in [0.05, 0.1) is 37.0 Å². The molecule has 0 spiro atoms. The SMILES string of the molecule is O=C(c1cc(Cl)c2c(c1)OCCCO2)N1CCO[C@@H]2CCCC[C@H]21. The number of rotatable bonds is 1. The molecule has 3 aliphatic rings. The van der Waals surface area contributed by atoms with E-state index in [1.807, 2.05) is 4.90 Å². The Morgan fingerprint density at radius 1 is 1.08 bits per heavy atom. The molecule has 6 heteroatoms. The molecule has 24 heavy (non-hydrogen) atoms. The lowest BCUT2D eigenvalue weighted by atomic mass is 9.89. The Balaban J connectivity index is 1.62. The van der Waals surface area contributed by atoms with Crippen molar-refractivity contribution < 1.29 is 19.0 Å². The highest BCUT2D eigenvalue weighted by molar-refractivity contribution is 6.32. The molecule has 1 saturated carbocycles. The molecule has 1 aliphatic carbocycles. The van der Waals surface area contributed by atoms with E-state index in [9.17, 15) is 4.79 Å². The Morgan fingerprint density at radius 2 is 1.92 bits per heavy atom. The minimum absolute atomic E-state index is 0.00717. The van der Waals surface area contributed by atoms with Gasteiger partial charge in [-0.15, -0.1) is 0 Å². The van der Waals surface area contributed by atoms with Crippen LogP contribution < -0.4 is 9.47 Å². The zero-order valence-electron chi connectivity index (χ0n) is 13.6. The monoisotopic (exact) mass is 351 g/mol. The first kappa shape index (κ1) is 16.0. The van der Waals surface area contributed by atoms with Gasteiger partial charge >= 0.3 is 0 Å². The zero-order valence-corrected chi connectivity index (χ0v) is 14.4. The summed E-state index contributed by atoms with van der Waals surface area (Å²) in [4.78, 5) is 15.1. The van der Waals surface area contributed by atoms with Crippen LogP contribution in [0.25, 0.3) is 0 Å². The van der Waals surface area contributed by atoms with Crippen molar-refractivity contribution in [2.75, 3.05) is 26.4 Å². The van der Waals surface area contributed by atoms with Gasteiger partial charge in [0, 0.05) is 18.5 Å². The summed E-state index contributed by atoms with van der Waals surface area (Å²) in [6, 6.07) is 3.64. The maximum Gasteiger partial charge on any atom is 0.254 e. The number of halogens is 1. The Morgan fingerprint density at radius 3 is 2.83 bits per heavy atom. The van der Waals surface area contributed by atoms with E-state index in [0.717, 1.165) is 25.7 Å². The van der Waals surface area contributed by atoms with E-state index in [-0.39, 0.29) is 18.1 Å². The van der Waals surface area contributed by atoms with Gasteiger partial charge in [-0.1, -0.05) is 24.4 Å². The number of carbonyl (C=O) groups excluding carboxylic acids is 1. The van der Waals surface area contributed by atoms with Crippen molar-refractivity contribution in [1.29, 1.82) is 0 Å². The highest BCUT2D eigenvalue weighted by Crippen LogP contribution is 2.39. The van der Waals surface area contributed by atoms with Crippen LogP contribution >= 0.6 is 11.6 Å². The van der Waals surface area contributed by atoms with Gasteiger partial charge in [-0.25, -0.2) is 0 Å². The average Bonchev–Trinajstić information content (AvgIpc) is 2.86. The third-order valence-electron chi connectivity index (χ3n) is 5.04. The Bertz CT molecular complexity index is 634. The molecule has 1 aromatic rings. The summed E-state index contributed by atoms with van der Waals surface area (Å²) in [6.07, 6.45) is 5.36. The minimum atomic E-state index is 0.00717. The fourth-order valence-corrected chi connectivity index (χ4v) is 4.13. The summed E-state index contributed by atoms with van der Waals surface area (Å²) < 4.78 is 17.2. The van der Waals surface area contributed by atoms with Gasteiger partial charge < -0.3 is 19.1 Å². The fourth-order valence-electron chi connectivity index (χ4n) is 3.87. The smallest absolute Gasteiger partial charge is 0.254 e. The van der Waals surface area contributed by atoms with E-state index in [0.29, 0.717) is 48.5 Å². The van der Waals surface area contributed by atoms with Crippen molar-refractivity contribution in [2.24, 2.45) is 0 Å². The number of nitrogens with zero attached hydrogens (tertiary/aromatic N) is 1. The van der Waals surface area contributed by atoms with Gasteiger partial charge in [-0.05, 0) is 25.0 Å². The molecule has 0 radical (unpaired) electrons. The number of fused-ring (bicyclic) bond motifs is 2. The van der Waals surface area contributed by atoms with Crippen LogP contribution in [-0.4, -0.2) is 49.3 Å². The third kappa shape index (κ3) is 2.95. The highest BCUT2D eigenvalue weighted by Gasteiger charge is 2.37. The van der Waals surface area contributed by atoms with Crippen LogP contribution in [0.3, 0.4) is 0 Å². The van der Waals surface area contributed by atoms with Crippen molar-refractivity contribution >= 4 is 17.5 Å². The lowest BCUT2D eigenvalue weighted by Crippen LogP contribution is -2.54. The van der Waals surface area contributed by atoms with Gasteiger partial charge in [-0.3, -0.25) is 4.79 Å². The zero-order chi connectivity index (χ0) is 16.5. The quantitative estimate of drug-likeness (QED) is 0.779. The summed E-state index contributed by atoms with van der Waals surface area (Å²) in [7, 11) is 0. The topological polar surface area (TPSA) is 48.0 Å². The standard InChI is InChI=1S/C18H22ClNO4/c19-13-10-12(11-16-17(13)24-8-3-7-22-16)18(21)20-6-9-23-15-5-2-1-4-14(15)20/h10-11,14-15H,1-9H2/t14-,15-/m1/s1. The number of amides is 1. The molecule has 1 aromatic carbocycles. The molecular formula is C18H22ClNO4. The van der Waals surface area contributed by atoms with Crippen LogP contribution in [0.4, 0.5) is 0 Å². The van der Waals surface area contributed by atoms with Gasteiger partial charge in [0.25, 0.3) is 5.91 Å². The number of morpholine rings is 1. The molecule has 2 atom stereocenters.